The van der Waals surface area contributed by atoms with Crippen molar-refractivity contribution in [2.24, 2.45) is 0 Å². The highest BCUT2D eigenvalue weighted by Gasteiger charge is 2.43. The van der Waals surface area contributed by atoms with Crippen LogP contribution in [0.2, 0.25) is 5.02 Å². The smallest absolute Gasteiger partial charge is 0.273 e. The molecule has 2 aromatic heterocycles. The van der Waals surface area contributed by atoms with Gasteiger partial charge < -0.3 is 0 Å². The van der Waals surface area contributed by atoms with Crippen LogP contribution in [-0.2, 0) is 11.0 Å². The van der Waals surface area contributed by atoms with Gasteiger partial charge in [0.2, 0.25) is 5.91 Å². The minimum Gasteiger partial charge on any atom is -0.273 e. The number of anilines is 1. The van der Waals surface area contributed by atoms with E-state index in [0.717, 1.165) is 11.0 Å². The fourth-order valence-electron chi connectivity index (χ4n) is 3.82. The number of pyridine rings is 1. The lowest BCUT2D eigenvalue weighted by molar-refractivity contribution is -0.138. The van der Waals surface area contributed by atoms with Crippen LogP contribution in [-0.4, -0.2) is 26.8 Å². The van der Waals surface area contributed by atoms with Crippen LogP contribution < -0.4 is 4.90 Å². The lowest BCUT2D eigenvalue weighted by Crippen LogP contribution is -2.46. The maximum atomic E-state index is 13.6. The van der Waals surface area contributed by atoms with Crippen LogP contribution in [0.1, 0.15) is 33.1 Å². The van der Waals surface area contributed by atoms with Crippen LogP contribution in [0.4, 0.5) is 18.9 Å². The SMILES string of the molecule is Cl.O=C1c2ncc(C(F)(F)F)cc2C(c2ccc(Cl)cc2)C(=O)N1c1ccc2nccnc2c1. The Bertz CT molecular complexity index is 1430. The molecule has 1 atom stereocenters. The van der Waals surface area contributed by atoms with Gasteiger partial charge in [-0.1, -0.05) is 23.7 Å². The van der Waals surface area contributed by atoms with Crippen molar-refractivity contribution in [1.82, 2.24) is 15.0 Å². The lowest BCUT2D eigenvalue weighted by atomic mass is 9.84. The highest BCUT2D eigenvalue weighted by Crippen LogP contribution is 2.39. The molecule has 1 aliphatic heterocycles. The van der Waals surface area contributed by atoms with Crippen molar-refractivity contribution in [2.45, 2.75) is 12.1 Å². The number of imide groups is 1. The number of carbonyl (C=O) groups excluding carboxylic acids is 2. The minimum absolute atomic E-state index is 0. The molecule has 5 rings (SSSR count). The summed E-state index contributed by atoms with van der Waals surface area (Å²) in [6, 6.07) is 11.6. The largest absolute Gasteiger partial charge is 0.417 e. The topological polar surface area (TPSA) is 76.1 Å². The minimum atomic E-state index is -4.69. The summed E-state index contributed by atoms with van der Waals surface area (Å²) in [5.41, 5.74) is 0.204. The zero-order chi connectivity index (χ0) is 23.3. The van der Waals surface area contributed by atoms with Crippen LogP contribution in [0, 0.1) is 0 Å². The summed E-state index contributed by atoms with van der Waals surface area (Å²) in [7, 11) is 0. The van der Waals surface area contributed by atoms with Gasteiger partial charge in [-0.3, -0.25) is 24.5 Å². The predicted octanol–water partition coefficient (Wildman–Crippen LogP) is 5.44. The van der Waals surface area contributed by atoms with Crippen LogP contribution in [0.3, 0.4) is 0 Å². The van der Waals surface area contributed by atoms with Gasteiger partial charge in [0.1, 0.15) is 5.69 Å². The van der Waals surface area contributed by atoms with Crippen LogP contribution in [0.5, 0.6) is 0 Å². The first-order valence-corrected chi connectivity index (χ1v) is 10.0. The molecule has 0 saturated heterocycles. The van der Waals surface area contributed by atoms with Crippen molar-refractivity contribution < 1.29 is 22.8 Å². The average molecular weight is 505 g/mol. The number of benzene rings is 2. The third-order valence-electron chi connectivity index (χ3n) is 5.34. The Labute approximate surface area is 201 Å². The number of alkyl halides is 3. The number of hydrogen-bond acceptors (Lipinski definition) is 5. The van der Waals surface area contributed by atoms with E-state index in [2.05, 4.69) is 15.0 Å². The van der Waals surface area contributed by atoms with Crippen molar-refractivity contribution in [1.29, 1.82) is 0 Å². The first kappa shape index (κ1) is 23.6. The molecule has 4 aromatic rings. The van der Waals surface area contributed by atoms with Gasteiger partial charge in [-0.2, -0.15) is 13.2 Å². The molecule has 1 unspecified atom stereocenters. The normalized spacial score (nSPS) is 15.8. The third-order valence-corrected chi connectivity index (χ3v) is 5.59. The van der Waals surface area contributed by atoms with Gasteiger partial charge >= 0.3 is 6.18 Å². The van der Waals surface area contributed by atoms with E-state index in [0.29, 0.717) is 27.8 Å². The summed E-state index contributed by atoms with van der Waals surface area (Å²) < 4.78 is 40.1. The van der Waals surface area contributed by atoms with Crippen molar-refractivity contribution in [2.75, 3.05) is 4.90 Å². The van der Waals surface area contributed by atoms with Crippen molar-refractivity contribution >= 4 is 52.5 Å². The summed E-state index contributed by atoms with van der Waals surface area (Å²) in [6.45, 7) is 0. The monoisotopic (exact) mass is 504 g/mol. The molecule has 172 valence electrons. The second-order valence-corrected chi connectivity index (χ2v) is 7.79. The lowest BCUT2D eigenvalue weighted by Gasteiger charge is -2.32. The Morgan fingerprint density at radius 3 is 2.24 bits per heavy atom. The van der Waals surface area contributed by atoms with E-state index < -0.39 is 29.5 Å². The first-order valence-electron chi connectivity index (χ1n) is 9.66. The molecule has 2 aromatic carbocycles. The van der Waals surface area contributed by atoms with Gasteiger partial charge in [0.05, 0.1) is 28.2 Å². The van der Waals surface area contributed by atoms with Gasteiger partial charge in [-0.25, -0.2) is 4.90 Å². The van der Waals surface area contributed by atoms with Crippen LogP contribution in [0.15, 0.2) is 67.1 Å². The molecule has 0 fully saturated rings. The molecule has 6 nitrogen and oxygen atoms in total. The molecule has 1 aliphatic rings. The standard InChI is InChI=1S/C23H12ClF3N4O2.ClH/c24-14-3-1-12(2-4-14)19-16-9-13(23(25,26)27)11-30-20(16)22(33)31(21(19)32)15-5-6-17-18(10-15)29-8-7-28-17;/h1-11,19H;1H. The highest BCUT2D eigenvalue weighted by molar-refractivity contribution is 6.30. The number of halogens is 5. The molecule has 0 radical (unpaired) electrons. The number of nitrogens with zero attached hydrogens (tertiary/aromatic N) is 4. The summed E-state index contributed by atoms with van der Waals surface area (Å²) >= 11 is 5.95. The molecule has 0 bridgehead atoms. The van der Waals surface area contributed by atoms with Crippen molar-refractivity contribution in [3.8, 4) is 0 Å². The van der Waals surface area contributed by atoms with Gasteiger partial charge in [-0.15, -0.1) is 12.4 Å². The molecule has 0 N–H and O–H groups in total. The van der Waals surface area contributed by atoms with Crippen molar-refractivity contribution in [3.05, 3.63) is 94.5 Å². The summed E-state index contributed by atoms with van der Waals surface area (Å²) in [5, 5.41) is 0.394. The molecular weight excluding hydrogens is 492 g/mol. The molecular formula is C23H13Cl2F3N4O2. The number of carbonyl (C=O) groups is 2. The molecule has 0 aliphatic carbocycles. The third kappa shape index (κ3) is 3.97. The average Bonchev–Trinajstić information content (AvgIpc) is 2.79. The summed E-state index contributed by atoms with van der Waals surface area (Å²) in [4.78, 5) is 39.9. The van der Waals surface area contributed by atoms with E-state index in [4.69, 9.17) is 11.6 Å². The zero-order valence-corrected chi connectivity index (χ0v) is 18.5. The number of aromatic nitrogens is 3. The fraction of sp³-hybridized carbons (Fsp3) is 0.0870. The number of rotatable bonds is 2. The molecule has 3 heterocycles. The number of amides is 2. The van der Waals surface area contributed by atoms with E-state index in [1.54, 1.807) is 6.07 Å². The maximum Gasteiger partial charge on any atom is 0.417 e. The fourth-order valence-corrected chi connectivity index (χ4v) is 3.94. The molecule has 2 amide bonds. The van der Waals surface area contributed by atoms with Crippen molar-refractivity contribution in [3.63, 3.8) is 0 Å². The number of fused-ring (bicyclic) bond motifs is 2. The molecule has 11 heteroatoms. The summed E-state index contributed by atoms with van der Waals surface area (Å²) in [6.07, 6.45) is -1.12. The van der Waals surface area contributed by atoms with Gasteiger partial charge in [0, 0.05) is 29.2 Å². The second-order valence-electron chi connectivity index (χ2n) is 7.35. The Balaban J connectivity index is 0.00000274. The molecule has 0 spiro atoms. The van der Waals surface area contributed by atoms with E-state index in [9.17, 15) is 22.8 Å². The van der Waals surface area contributed by atoms with Gasteiger partial charge in [0.15, 0.2) is 0 Å². The van der Waals surface area contributed by atoms with Gasteiger partial charge in [-0.05, 0) is 42.0 Å². The Morgan fingerprint density at radius 1 is 0.882 bits per heavy atom. The van der Waals surface area contributed by atoms with E-state index in [1.165, 1.54) is 48.8 Å². The Morgan fingerprint density at radius 2 is 1.56 bits per heavy atom. The molecule has 34 heavy (non-hydrogen) atoms. The summed E-state index contributed by atoms with van der Waals surface area (Å²) in [5.74, 6) is -2.72. The Kier molecular flexibility index (Phi) is 6.01. The van der Waals surface area contributed by atoms with Crippen LogP contribution in [0.25, 0.3) is 11.0 Å². The molecule has 0 saturated carbocycles. The van der Waals surface area contributed by atoms with Gasteiger partial charge in [0.25, 0.3) is 5.91 Å². The van der Waals surface area contributed by atoms with E-state index in [1.807, 2.05) is 0 Å². The number of hydrogen-bond donors (Lipinski definition) is 0. The van der Waals surface area contributed by atoms with E-state index in [-0.39, 0.29) is 29.4 Å². The maximum absolute atomic E-state index is 13.6. The second kappa shape index (κ2) is 8.66. The first-order chi connectivity index (χ1) is 15.7. The quantitative estimate of drug-likeness (QED) is 0.340. The predicted molar refractivity (Wildman–Crippen MR) is 121 cm³/mol. The van der Waals surface area contributed by atoms with Crippen LogP contribution >= 0.6 is 24.0 Å². The zero-order valence-electron chi connectivity index (χ0n) is 17.0. The highest BCUT2D eigenvalue weighted by atomic mass is 35.5. The Hall–Kier alpha value is -3.56. The van der Waals surface area contributed by atoms with E-state index >= 15 is 0 Å².